The summed E-state index contributed by atoms with van der Waals surface area (Å²) in [6.45, 7) is 0. The van der Waals surface area contributed by atoms with Crippen LogP contribution in [-0.2, 0) is 19.2 Å². The summed E-state index contributed by atoms with van der Waals surface area (Å²) in [6.07, 6.45) is 0. The molecule has 4 atom stereocenters. The molecule has 126 valence electrons. The number of aliphatic carboxylic acids is 4. The van der Waals surface area contributed by atoms with Crippen molar-refractivity contribution in [1.82, 2.24) is 10.6 Å². The molecule has 0 aromatic rings. The molecule has 10 nitrogen and oxygen atoms in total. The molecule has 3 unspecified atom stereocenters. The monoisotopic (exact) mass is 356 g/mol. The number of carbonyl (C=O) groups is 4. The van der Waals surface area contributed by atoms with E-state index in [0.29, 0.717) is 0 Å². The van der Waals surface area contributed by atoms with Crippen molar-refractivity contribution in [2.45, 2.75) is 24.2 Å². The molecule has 0 aromatic heterocycles. The van der Waals surface area contributed by atoms with E-state index in [-0.39, 0.29) is 11.5 Å². The van der Waals surface area contributed by atoms with Gasteiger partial charge < -0.3 is 20.4 Å². The molecular weight excluding hydrogens is 340 g/mol. The highest BCUT2D eigenvalue weighted by molar-refractivity contribution is 7.80. The van der Waals surface area contributed by atoms with Crippen LogP contribution < -0.4 is 10.6 Å². The van der Waals surface area contributed by atoms with E-state index < -0.39 is 48.0 Å². The summed E-state index contributed by atoms with van der Waals surface area (Å²) in [5.74, 6) is -6.74. The van der Waals surface area contributed by atoms with Crippen LogP contribution in [0.15, 0.2) is 0 Å². The van der Waals surface area contributed by atoms with Crippen molar-refractivity contribution in [3.63, 3.8) is 0 Å². The molecule has 0 bridgehead atoms. The Kier molecular flexibility index (Phi) is 8.86. The molecule has 0 aromatic carbocycles. The van der Waals surface area contributed by atoms with E-state index >= 15 is 0 Å². The lowest BCUT2D eigenvalue weighted by Gasteiger charge is -2.27. The molecule has 0 rings (SSSR count). The SMILES string of the molecule is O=C(O)C(CS)NC(C(=O)O)[C@H](NC(CS)C(=O)O)C(=O)O. The fourth-order valence-corrected chi connectivity index (χ4v) is 1.98. The Labute approximate surface area is 135 Å². The van der Waals surface area contributed by atoms with Crippen LogP contribution in [0, 0.1) is 0 Å². The predicted molar refractivity (Wildman–Crippen MR) is 79.7 cm³/mol. The standard InChI is InChI=1S/C10H16N2O8S2/c13-7(14)3(1-21)11-5(9(17)18)6(10(19)20)12-4(2-22)8(15)16/h3-6,11-12,21-22H,1-2H2,(H,13,14)(H,15,16)(H,17,18)(H,19,20)/t3?,4?,5-,6?/m0/s1. The highest BCUT2D eigenvalue weighted by Gasteiger charge is 2.38. The van der Waals surface area contributed by atoms with Crippen molar-refractivity contribution in [2.24, 2.45) is 0 Å². The van der Waals surface area contributed by atoms with Gasteiger partial charge in [0.25, 0.3) is 0 Å². The fraction of sp³-hybridized carbons (Fsp3) is 0.600. The number of thiol groups is 2. The van der Waals surface area contributed by atoms with Crippen LogP contribution in [0.3, 0.4) is 0 Å². The molecule has 0 fully saturated rings. The Balaban J connectivity index is 5.35. The highest BCUT2D eigenvalue weighted by atomic mass is 32.1. The predicted octanol–water partition coefficient (Wildman–Crippen LogP) is -2.16. The minimum absolute atomic E-state index is 0.291. The summed E-state index contributed by atoms with van der Waals surface area (Å²) < 4.78 is 0. The molecule has 6 N–H and O–H groups in total. The van der Waals surface area contributed by atoms with Gasteiger partial charge in [-0.15, -0.1) is 0 Å². The number of hydrogen-bond acceptors (Lipinski definition) is 8. The lowest BCUT2D eigenvalue weighted by Crippen LogP contribution is -2.63. The average molecular weight is 356 g/mol. The van der Waals surface area contributed by atoms with Crippen LogP contribution in [0.1, 0.15) is 0 Å². The van der Waals surface area contributed by atoms with Crippen LogP contribution in [0.2, 0.25) is 0 Å². The highest BCUT2D eigenvalue weighted by Crippen LogP contribution is 2.03. The fourth-order valence-electron chi connectivity index (χ4n) is 1.46. The lowest BCUT2D eigenvalue weighted by molar-refractivity contribution is -0.151. The van der Waals surface area contributed by atoms with E-state index in [1.165, 1.54) is 0 Å². The molecule has 22 heavy (non-hydrogen) atoms. The van der Waals surface area contributed by atoms with Crippen molar-refractivity contribution in [3.8, 4) is 0 Å². The molecule has 0 saturated carbocycles. The number of hydrogen-bond donors (Lipinski definition) is 8. The van der Waals surface area contributed by atoms with Crippen LogP contribution in [0.5, 0.6) is 0 Å². The minimum atomic E-state index is -1.88. The van der Waals surface area contributed by atoms with E-state index in [9.17, 15) is 19.2 Å². The molecule has 12 heteroatoms. The zero-order chi connectivity index (χ0) is 17.4. The summed E-state index contributed by atoms with van der Waals surface area (Å²) in [5, 5.41) is 40.1. The van der Waals surface area contributed by atoms with E-state index in [4.69, 9.17) is 20.4 Å². The van der Waals surface area contributed by atoms with Crippen molar-refractivity contribution in [2.75, 3.05) is 11.5 Å². The third-order valence-corrected chi connectivity index (χ3v) is 3.32. The number of carboxylic acid groups (broad SMARTS) is 4. The van der Waals surface area contributed by atoms with E-state index in [1.54, 1.807) is 0 Å². The molecule has 0 amide bonds. The molecular formula is C10H16N2O8S2. The zero-order valence-corrected chi connectivity index (χ0v) is 12.8. The molecule has 0 spiro atoms. The van der Waals surface area contributed by atoms with E-state index in [1.807, 2.05) is 0 Å². The van der Waals surface area contributed by atoms with Crippen LogP contribution >= 0.6 is 25.3 Å². The van der Waals surface area contributed by atoms with Gasteiger partial charge in [-0.2, -0.15) is 25.3 Å². The Hall–Kier alpha value is -1.50. The van der Waals surface area contributed by atoms with Gasteiger partial charge in [0.1, 0.15) is 24.2 Å². The van der Waals surface area contributed by atoms with Gasteiger partial charge in [-0.05, 0) is 0 Å². The van der Waals surface area contributed by atoms with Gasteiger partial charge in [-0.25, -0.2) is 0 Å². The Bertz CT molecular complexity index is 407. The second-order valence-corrected chi connectivity index (χ2v) is 4.84. The number of rotatable bonds is 11. The third-order valence-electron chi connectivity index (χ3n) is 2.59. The van der Waals surface area contributed by atoms with Gasteiger partial charge in [0.2, 0.25) is 0 Å². The summed E-state index contributed by atoms with van der Waals surface area (Å²) in [4.78, 5) is 44.2. The van der Waals surface area contributed by atoms with Crippen molar-refractivity contribution in [3.05, 3.63) is 0 Å². The molecule has 0 aliphatic carbocycles. The maximum absolute atomic E-state index is 11.2. The number of nitrogens with one attached hydrogen (secondary N) is 2. The Morgan fingerprint density at radius 2 is 0.955 bits per heavy atom. The maximum atomic E-state index is 11.2. The molecule has 0 radical (unpaired) electrons. The average Bonchev–Trinajstić information content (AvgIpc) is 2.40. The van der Waals surface area contributed by atoms with Crippen molar-refractivity contribution < 1.29 is 39.6 Å². The topological polar surface area (TPSA) is 173 Å². The Morgan fingerprint density at radius 3 is 1.09 bits per heavy atom. The molecule has 0 aliphatic heterocycles. The first-order valence-electron chi connectivity index (χ1n) is 5.80. The van der Waals surface area contributed by atoms with Gasteiger partial charge in [0.15, 0.2) is 0 Å². The molecule has 0 saturated heterocycles. The van der Waals surface area contributed by atoms with Gasteiger partial charge in [0.05, 0.1) is 0 Å². The third kappa shape index (κ3) is 6.09. The van der Waals surface area contributed by atoms with Gasteiger partial charge >= 0.3 is 23.9 Å². The Morgan fingerprint density at radius 1 is 0.682 bits per heavy atom. The van der Waals surface area contributed by atoms with Gasteiger partial charge in [-0.3, -0.25) is 29.8 Å². The van der Waals surface area contributed by atoms with Crippen LogP contribution in [-0.4, -0.2) is 80.0 Å². The molecule has 0 aliphatic rings. The van der Waals surface area contributed by atoms with Gasteiger partial charge in [0, 0.05) is 11.5 Å². The van der Waals surface area contributed by atoms with E-state index in [2.05, 4.69) is 35.9 Å². The first-order valence-corrected chi connectivity index (χ1v) is 7.07. The van der Waals surface area contributed by atoms with Gasteiger partial charge in [-0.1, -0.05) is 0 Å². The largest absolute Gasteiger partial charge is 0.480 e. The van der Waals surface area contributed by atoms with Crippen molar-refractivity contribution >= 4 is 49.1 Å². The zero-order valence-electron chi connectivity index (χ0n) is 11.0. The summed E-state index contributed by atoms with van der Waals surface area (Å²) >= 11 is 7.46. The first kappa shape index (κ1) is 20.5. The lowest BCUT2D eigenvalue weighted by atomic mass is 10.1. The normalized spacial score (nSPS) is 16.3. The molecule has 0 heterocycles. The quantitative estimate of drug-likeness (QED) is 0.190. The van der Waals surface area contributed by atoms with Crippen molar-refractivity contribution in [1.29, 1.82) is 0 Å². The maximum Gasteiger partial charge on any atom is 0.322 e. The summed E-state index contributed by atoms with van der Waals surface area (Å²) in [7, 11) is 0. The second kappa shape index (κ2) is 9.50. The smallest absolute Gasteiger partial charge is 0.322 e. The number of carboxylic acids is 4. The van der Waals surface area contributed by atoms with Crippen LogP contribution in [0.25, 0.3) is 0 Å². The first-order chi connectivity index (χ1) is 10.1. The van der Waals surface area contributed by atoms with E-state index in [0.717, 1.165) is 0 Å². The minimum Gasteiger partial charge on any atom is -0.480 e. The second-order valence-electron chi connectivity index (χ2n) is 4.11. The summed E-state index contributed by atoms with van der Waals surface area (Å²) in [5.41, 5.74) is 0. The van der Waals surface area contributed by atoms with Crippen LogP contribution in [0.4, 0.5) is 0 Å². The summed E-state index contributed by atoms with van der Waals surface area (Å²) in [6, 6.07) is -6.61.